The lowest BCUT2D eigenvalue weighted by molar-refractivity contribution is 0.415. The maximum atomic E-state index is 6.11. The second-order valence-corrected chi connectivity index (χ2v) is 5.06. The Hall–Kier alpha value is -1.41. The number of furan rings is 1. The third-order valence-electron chi connectivity index (χ3n) is 3.14. The molecule has 2 N–H and O–H groups in total. The molecule has 126 valence electrons. The first-order valence-electron chi connectivity index (χ1n) is 7.02. The summed E-state index contributed by atoms with van der Waals surface area (Å²) >= 11 is 6.11. The van der Waals surface area contributed by atoms with Gasteiger partial charge in [-0.25, -0.2) is 0 Å². The van der Waals surface area contributed by atoms with E-state index in [0.29, 0.717) is 17.3 Å². The van der Waals surface area contributed by atoms with Gasteiger partial charge >= 0.3 is 0 Å². The number of ether oxygens (including phenoxy) is 1. The van der Waals surface area contributed by atoms with Crippen molar-refractivity contribution >= 4 is 41.5 Å². The van der Waals surface area contributed by atoms with Crippen molar-refractivity contribution < 1.29 is 9.15 Å². The molecule has 5 nitrogen and oxygen atoms in total. The molecule has 0 aliphatic carbocycles. The number of nitrogens with one attached hydrogen (secondary N) is 2. The zero-order chi connectivity index (χ0) is 15.8. The number of hydrogen-bond donors (Lipinski definition) is 2. The monoisotopic (exact) mass is 449 g/mol. The molecule has 0 bridgehead atoms. The van der Waals surface area contributed by atoms with E-state index >= 15 is 0 Å². The summed E-state index contributed by atoms with van der Waals surface area (Å²) in [5, 5.41) is 7.08. The molecule has 1 aromatic carbocycles. The van der Waals surface area contributed by atoms with Crippen LogP contribution in [0.25, 0.3) is 0 Å². The first kappa shape index (κ1) is 19.6. The summed E-state index contributed by atoms with van der Waals surface area (Å²) in [6.07, 6.45) is 2.48. The highest BCUT2D eigenvalue weighted by Crippen LogP contribution is 2.24. The molecule has 1 heterocycles. The molecule has 0 radical (unpaired) electrons. The normalized spacial score (nSPS) is 10.8. The minimum absolute atomic E-state index is 0. The zero-order valence-electron chi connectivity index (χ0n) is 13.1. The standard InChI is InChI=1S/C16H20ClN3O2.HI/c1-18-16(19-8-7-13-4-3-9-22-13)20-11-12-5-6-15(21-2)14(17)10-12;/h3-6,9-10H,7-8,11H2,1-2H3,(H2,18,19,20);1H. The molecule has 0 aliphatic rings. The second-order valence-electron chi connectivity index (χ2n) is 4.65. The van der Waals surface area contributed by atoms with Gasteiger partial charge in [0.1, 0.15) is 11.5 Å². The van der Waals surface area contributed by atoms with Gasteiger partial charge in [-0.2, -0.15) is 0 Å². The van der Waals surface area contributed by atoms with E-state index in [2.05, 4.69) is 15.6 Å². The average Bonchev–Trinajstić information content (AvgIpc) is 3.04. The van der Waals surface area contributed by atoms with Gasteiger partial charge in [0.2, 0.25) is 0 Å². The quantitative estimate of drug-likeness (QED) is 0.403. The Kier molecular flexibility index (Phi) is 8.86. The van der Waals surface area contributed by atoms with Crippen molar-refractivity contribution in [3.8, 4) is 5.75 Å². The van der Waals surface area contributed by atoms with Gasteiger partial charge in [0.15, 0.2) is 5.96 Å². The number of aliphatic imine (C=N–C) groups is 1. The van der Waals surface area contributed by atoms with Gasteiger partial charge in [0.25, 0.3) is 0 Å². The van der Waals surface area contributed by atoms with E-state index in [9.17, 15) is 0 Å². The number of methoxy groups -OCH3 is 1. The molecule has 0 saturated carbocycles. The highest BCUT2D eigenvalue weighted by atomic mass is 127. The summed E-state index contributed by atoms with van der Waals surface area (Å²) in [6.45, 7) is 1.38. The Morgan fingerprint density at radius 3 is 2.74 bits per heavy atom. The second kappa shape index (κ2) is 10.4. The highest BCUT2D eigenvalue weighted by molar-refractivity contribution is 14.0. The van der Waals surface area contributed by atoms with Gasteiger partial charge in [-0.05, 0) is 29.8 Å². The molecule has 0 fully saturated rings. The predicted molar refractivity (Wildman–Crippen MR) is 104 cm³/mol. The van der Waals surface area contributed by atoms with Crippen LogP contribution in [0, 0.1) is 0 Å². The van der Waals surface area contributed by atoms with Crippen molar-refractivity contribution in [2.24, 2.45) is 4.99 Å². The van der Waals surface area contributed by atoms with Crippen LogP contribution in [0.1, 0.15) is 11.3 Å². The van der Waals surface area contributed by atoms with E-state index in [1.807, 2.05) is 30.3 Å². The number of halogens is 2. The summed E-state index contributed by atoms with van der Waals surface area (Å²) in [5.41, 5.74) is 1.06. The summed E-state index contributed by atoms with van der Waals surface area (Å²) in [4.78, 5) is 4.18. The highest BCUT2D eigenvalue weighted by Gasteiger charge is 2.03. The molecule has 0 aliphatic heterocycles. The predicted octanol–water partition coefficient (Wildman–Crippen LogP) is 3.47. The van der Waals surface area contributed by atoms with Crippen LogP contribution in [0.3, 0.4) is 0 Å². The molecule has 0 unspecified atom stereocenters. The van der Waals surface area contributed by atoms with Crippen LogP contribution in [-0.2, 0) is 13.0 Å². The number of rotatable bonds is 6. The van der Waals surface area contributed by atoms with Crippen LogP contribution in [-0.4, -0.2) is 26.7 Å². The van der Waals surface area contributed by atoms with Gasteiger partial charge in [0.05, 0.1) is 18.4 Å². The molecule has 0 atom stereocenters. The smallest absolute Gasteiger partial charge is 0.191 e. The molecule has 7 heteroatoms. The van der Waals surface area contributed by atoms with Crippen LogP contribution in [0.4, 0.5) is 0 Å². The van der Waals surface area contributed by atoms with Crippen molar-refractivity contribution in [3.63, 3.8) is 0 Å². The number of guanidine groups is 1. The van der Waals surface area contributed by atoms with E-state index in [0.717, 1.165) is 30.2 Å². The van der Waals surface area contributed by atoms with Crippen LogP contribution in [0.15, 0.2) is 46.0 Å². The van der Waals surface area contributed by atoms with Gasteiger partial charge < -0.3 is 19.8 Å². The number of benzene rings is 1. The minimum atomic E-state index is 0. The Bertz CT molecular complexity index is 618. The molecule has 0 amide bonds. The lowest BCUT2D eigenvalue weighted by Gasteiger charge is -2.12. The molecule has 2 rings (SSSR count). The first-order valence-corrected chi connectivity index (χ1v) is 7.40. The molecule has 23 heavy (non-hydrogen) atoms. The SMILES string of the molecule is CN=C(NCCc1ccco1)NCc1ccc(OC)c(Cl)c1.I. The van der Waals surface area contributed by atoms with E-state index < -0.39 is 0 Å². The van der Waals surface area contributed by atoms with Crippen LogP contribution < -0.4 is 15.4 Å². The molecule has 1 aromatic heterocycles. The summed E-state index contributed by atoms with van der Waals surface area (Å²) in [5.74, 6) is 2.36. The van der Waals surface area contributed by atoms with Crippen molar-refractivity contribution in [1.29, 1.82) is 0 Å². The Morgan fingerprint density at radius 2 is 2.13 bits per heavy atom. The molecule has 2 aromatic rings. The van der Waals surface area contributed by atoms with Crippen molar-refractivity contribution in [2.45, 2.75) is 13.0 Å². The summed E-state index contributed by atoms with van der Waals surface area (Å²) < 4.78 is 10.4. The van der Waals surface area contributed by atoms with Crippen molar-refractivity contribution in [1.82, 2.24) is 10.6 Å². The fourth-order valence-corrected chi connectivity index (χ4v) is 2.27. The topological polar surface area (TPSA) is 58.8 Å². The molecule has 0 saturated heterocycles. The lowest BCUT2D eigenvalue weighted by Crippen LogP contribution is -2.37. The maximum Gasteiger partial charge on any atom is 0.191 e. The lowest BCUT2D eigenvalue weighted by atomic mass is 10.2. The van der Waals surface area contributed by atoms with Crippen LogP contribution >= 0.6 is 35.6 Å². The molecular weight excluding hydrogens is 429 g/mol. The van der Waals surface area contributed by atoms with Crippen molar-refractivity contribution in [3.05, 3.63) is 52.9 Å². The van der Waals surface area contributed by atoms with Crippen molar-refractivity contribution in [2.75, 3.05) is 20.7 Å². The van der Waals surface area contributed by atoms with Gasteiger partial charge in [-0.1, -0.05) is 17.7 Å². The zero-order valence-corrected chi connectivity index (χ0v) is 16.2. The van der Waals surface area contributed by atoms with E-state index in [4.69, 9.17) is 20.8 Å². The van der Waals surface area contributed by atoms with Crippen LogP contribution in [0.5, 0.6) is 5.75 Å². The fourth-order valence-electron chi connectivity index (χ4n) is 1.99. The van der Waals surface area contributed by atoms with Crippen LogP contribution in [0.2, 0.25) is 5.02 Å². The van der Waals surface area contributed by atoms with Gasteiger partial charge in [0, 0.05) is 26.6 Å². The van der Waals surface area contributed by atoms with Gasteiger partial charge in [-0.3, -0.25) is 4.99 Å². The third kappa shape index (κ3) is 6.31. The maximum absolute atomic E-state index is 6.11. The van der Waals surface area contributed by atoms with E-state index in [1.54, 1.807) is 20.4 Å². The van der Waals surface area contributed by atoms with E-state index in [-0.39, 0.29) is 24.0 Å². The summed E-state index contributed by atoms with van der Waals surface area (Å²) in [6, 6.07) is 9.54. The minimum Gasteiger partial charge on any atom is -0.495 e. The fraction of sp³-hybridized carbons (Fsp3) is 0.312. The average molecular weight is 450 g/mol. The number of hydrogen-bond acceptors (Lipinski definition) is 3. The Balaban J connectivity index is 0.00000264. The molecular formula is C16H21ClIN3O2. The number of nitrogens with zero attached hydrogens (tertiary/aromatic N) is 1. The third-order valence-corrected chi connectivity index (χ3v) is 3.44. The first-order chi connectivity index (χ1) is 10.7. The Labute approximate surface area is 158 Å². The molecule has 0 spiro atoms. The van der Waals surface area contributed by atoms with Gasteiger partial charge in [-0.15, -0.1) is 24.0 Å². The summed E-state index contributed by atoms with van der Waals surface area (Å²) in [7, 11) is 3.34. The largest absolute Gasteiger partial charge is 0.495 e. The van der Waals surface area contributed by atoms with E-state index in [1.165, 1.54) is 0 Å². The Morgan fingerprint density at radius 1 is 1.30 bits per heavy atom.